The van der Waals surface area contributed by atoms with Gasteiger partial charge in [-0.15, -0.1) is 0 Å². The molecule has 0 spiro atoms. The van der Waals surface area contributed by atoms with E-state index in [2.05, 4.69) is 17.3 Å². The fourth-order valence-electron chi connectivity index (χ4n) is 7.07. The van der Waals surface area contributed by atoms with Crippen molar-refractivity contribution in [2.45, 2.75) is 70.0 Å². The van der Waals surface area contributed by atoms with Crippen molar-refractivity contribution in [1.29, 1.82) is 0 Å². The molecule has 2 aromatic carbocycles. The number of hydrogen-bond donors (Lipinski definition) is 2. The Hall–Kier alpha value is -4.05. The van der Waals surface area contributed by atoms with Gasteiger partial charge in [0.05, 0.1) is 24.0 Å². The first-order valence-electron chi connectivity index (χ1n) is 14.6. The van der Waals surface area contributed by atoms with E-state index in [1.807, 2.05) is 46.2 Å². The first kappa shape index (κ1) is 25.9. The lowest BCUT2D eigenvalue weighted by atomic mass is 9.69. The van der Waals surface area contributed by atoms with Crippen molar-refractivity contribution in [2.24, 2.45) is 11.1 Å². The number of benzene rings is 2. The van der Waals surface area contributed by atoms with Gasteiger partial charge in [0.2, 0.25) is 17.7 Å². The molecule has 10 heteroatoms. The number of nitrogens with zero attached hydrogens (tertiary/aromatic N) is 4. The summed E-state index contributed by atoms with van der Waals surface area (Å²) >= 11 is 0. The second-order valence-corrected chi connectivity index (χ2v) is 12.2. The standard InChI is InChI=1S/C31H34N6O4/c1-31(12-3-13-31)30(41)35-14-10-19(11-15-35)36-17-18(16-33-36)27(32)21-6-7-23-26-20(21)4-2-5-22(26)29(40)37(23)24-8-9-25(38)34-28(24)39/h2,4-7,16-17,19,24,27H,3,8-15,32H2,1H3,(H,34,38,39). The fraction of sp³-hybridized carbons (Fsp3) is 0.452. The van der Waals surface area contributed by atoms with Crippen LogP contribution < -0.4 is 16.0 Å². The first-order chi connectivity index (χ1) is 19.7. The smallest absolute Gasteiger partial charge is 0.259 e. The lowest BCUT2D eigenvalue weighted by Crippen LogP contribution is -2.53. The zero-order valence-corrected chi connectivity index (χ0v) is 23.1. The van der Waals surface area contributed by atoms with E-state index >= 15 is 0 Å². The molecule has 0 bridgehead atoms. The minimum Gasteiger partial charge on any atom is -0.342 e. The lowest BCUT2D eigenvalue weighted by Gasteiger charge is -2.43. The van der Waals surface area contributed by atoms with Crippen LogP contribution in [0.1, 0.15) is 85.4 Å². The Kier molecular flexibility index (Phi) is 6.01. The molecule has 3 aromatic rings. The van der Waals surface area contributed by atoms with Crippen molar-refractivity contribution in [2.75, 3.05) is 18.0 Å². The number of piperidine rings is 2. The summed E-state index contributed by atoms with van der Waals surface area (Å²) in [5, 5.41) is 8.66. The van der Waals surface area contributed by atoms with E-state index in [0.717, 1.165) is 67.1 Å². The van der Waals surface area contributed by atoms with E-state index in [9.17, 15) is 19.2 Å². The summed E-state index contributed by atoms with van der Waals surface area (Å²) in [7, 11) is 0. The Morgan fingerprint density at radius 2 is 1.88 bits per heavy atom. The van der Waals surface area contributed by atoms with Gasteiger partial charge in [0.15, 0.2) is 0 Å². The number of likely N-dealkylation sites (tertiary alicyclic amines) is 1. The van der Waals surface area contributed by atoms with Crippen molar-refractivity contribution in [3.8, 4) is 0 Å². The summed E-state index contributed by atoms with van der Waals surface area (Å²) in [5.41, 5.74) is 9.60. The molecule has 4 amide bonds. The Bertz CT molecular complexity index is 1600. The zero-order chi connectivity index (χ0) is 28.5. The van der Waals surface area contributed by atoms with Crippen molar-refractivity contribution in [1.82, 2.24) is 20.0 Å². The van der Waals surface area contributed by atoms with Crippen LogP contribution >= 0.6 is 0 Å². The summed E-state index contributed by atoms with van der Waals surface area (Å²) in [6.07, 6.45) is 9.14. The van der Waals surface area contributed by atoms with Gasteiger partial charge in [0.1, 0.15) is 6.04 Å². The van der Waals surface area contributed by atoms with Gasteiger partial charge in [-0.3, -0.25) is 34.1 Å². The maximum Gasteiger partial charge on any atom is 0.259 e. The van der Waals surface area contributed by atoms with E-state index in [0.29, 0.717) is 23.6 Å². The van der Waals surface area contributed by atoms with Gasteiger partial charge in [-0.05, 0) is 55.2 Å². The van der Waals surface area contributed by atoms with Crippen LogP contribution in [-0.2, 0) is 14.4 Å². The maximum atomic E-state index is 13.5. The van der Waals surface area contributed by atoms with Crippen molar-refractivity contribution in [3.05, 3.63) is 59.4 Å². The molecular formula is C31H34N6O4. The van der Waals surface area contributed by atoms with Crippen LogP contribution in [-0.4, -0.2) is 57.4 Å². The topological polar surface area (TPSA) is 131 Å². The van der Waals surface area contributed by atoms with Gasteiger partial charge in [0, 0.05) is 47.6 Å². The first-order valence-corrected chi connectivity index (χ1v) is 14.6. The monoisotopic (exact) mass is 554 g/mol. The van der Waals surface area contributed by atoms with Crippen LogP contribution in [0.15, 0.2) is 42.7 Å². The molecule has 2 atom stereocenters. The third kappa shape index (κ3) is 4.07. The van der Waals surface area contributed by atoms with Gasteiger partial charge >= 0.3 is 0 Å². The minimum absolute atomic E-state index is 0.165. The minimum atomic E-state index is -0.730. The van der Waals surface area contributed by atoms with E-state index < -0.39 is 18.0 Å². The van der Waals surface area contributed by atoms with E-state index in [-0.39, 0.29) is 29.7 Å². The second kappa shape index (κ2) is 9.51. The number of rotatable bonds is 5. The molecule has 4 heterocycles. The third-order valence-corrected chi connectivity index (χ3v) is 9.70. The van der Waals surface area contributed by atoms with Gasteiger partial charge < -0.3 is 10.6 Å². The van der Waals surface area contributed by atoms with Crippen LogP contribution in [0.5, 0.6) is 0 Å². The molecule has 2 saturated heterocycles. The van der Waals surface area contributed by atoms with Crippen LogP contribution in [0, 0.1) is 5.41 Å². The number of hydrogen-bond acceptors (Lipinski definition) is 6. The molecular weight excluding hydrogens is 520 g/mol. The molecule has 3 aliphatic heterocycles. The highest BCUT2D eigenvalue weighted by atomic mass is 16.2. The van der Waals surface area contributed by atoms with Crippen molar-refractivity contribution >= 4 is 40.1 Å². The van der Waals surface area contributed by atoms with E-state index in [4.69, 9.17) is 5.73 Å². The Morgan fingerprint density at radius 3 is 2.59 bits per heavy atom. The summed E-state index contributed by atoms with van der Waals surface area (Å²) < 4.78 is 1.98. The van der Waals surface area contributed by atoms with Crippen LogP contribution in [0.2, 0.25) is 0 Å². The fourth-order valence-corrected chi connectivity index (χ4v) is 7.07. The highest BCUT2D eigenvalue weighted by molar-refractivity contribution is 6.27. The zero-order valence-electron chi connectivity index (χ0n) is 23.1. The SMILES string of the molecule is CC1(C(=O)N2CCC(n3cc(C(N)c4ccc5c6c(cccc46)C(=O)N5C4CCC(=O)NC4=O)cn3)CC2)CCC1. The average molecular weight is 555 g/mol. The molecule has 0 radical (unpaired) electrons. The molecule has 1 aromatic heterocycles. The number of nitrogens with two attached hydrogens (primary N) is 1. The van der Waals surface area contributed by atoms with Crippen LogP contribution in [0.3, 0.4) is 0 Å². The van der Waals surface area contributed by atoms with Gasteiger partial charge in [-0.2, -0.15) is 5.10 Å². The summed E-state index contributed by atoms with van der Waals surface area (Å²) in [5.74, 6) is -0.706. The van der Waals surface area contributed by atoms with Crippen LogP contribution in [0.25, 0.3) is 10.8 Å². The number of carbonyl (C=O) groups is 4. The quantitative estimate of drug-likeness (QED) is 0.466. The molecule has 10 nitrogen and oxygen atoms in total. The Balaban J connectivity index is 1.12. The number of nitrogens with one attached hydrogen (secondary N) is 1. The molecule has 7 rings (SSSR count). The maximum absolute atomic E-state index is 13.5. The van der Waals surface area contributed by atoms with Gasteiger partial charge in [-0.25, -0.2) is 0 Å². The third-order valence-electron chi connectivity index (χ3n) is 9.70. The van der Waals surface area contributed by atoms with E-state index in [1.165, 1.54) is 4.90 Å². The molecule has 41 heavy (non-hydrogen) atoms. The Labute approximate surface area is 237 Å². The lowest BCUT2D eigenvalue weighted by molar-refractivity contribution is -0.147. The highest BCUT2D eigenvalue weighted by Gasteiger charge is 2.43. The van der Waals surface area contributed by atoms with Gasteiger partial charge in [0.25, 0.3) is 5.91 Å². The molecule has 1 saturated carbocycles. The van der Waals surface area contributed by atoms with Crippen molar-refractivity contribution in [3.63, 3.8) is 0 Å². The molecule has 2 unspecified atom stereocenters. The number of carbonyl (C=O) groups excluding carboxylic acids is 4. The molecule has 4 aliphatic rings. The second-order valence-electron chi connectivity index (χ2n) is 12.2. The molecule has 3 N–H and O–H groups in total. The van der Waals surface area contributed by atoms with E-state index in [1.54, 1.807) is 6.07 Å². The van der Waals surface area contributed by atoms with Crippen molar-refractivity contribution < 1.29 is 19.2 Å². The largest absolute Gasteiger partial charge is 0.342 e. The van der Waals surface area contributed by atoms with Gasteiger partial charge in [-0.1, -0.05) is 31.5 Å². The molecule has 212 valence electrons. The average Bonchev–Trinajstić information content (AvgIpc) is 3.56. The summed E-state index contributed by atoms with van der Waals surface area (Å²) in [6, 6.07) is 8.36. The number of aromatic nitrogens is 2. The highest BCUT2D eigenvalue weighted by Crippen LogP contribution is 2.44. The molecule has 3 fully saturated rings. The predicted octanol–water partition coefficient (Wildman–Crippen LogP) is 3.20. The summed E-state index contributed by atoms with van der Waals surface area (Å²) in [6.45, 7) is 3.58. The number of anilines is 1. The van der Waals surface area contributed by atoms with Crippen LogP contribution in [0.4, 0.5) is 5.69 Å². The number of amides is 4. The summed E-state index contributed by atoms with van der Waals surface area (Å²) in [4.78, 5) is 54.3. The Morgan fingerprint density at radius 1 is 1.10 bits per heavy atom. The normalized spacial score (nSPS) is 23.1. The predicted molar refractivity (Wildman–Crippen MR) is 152 cm³/mol. The molecule has 1 aliphatic carbocycles. The number of imide groups is 1.